The Morgan fingerprint density at radius 1 is 0.538 bits per heavy atom. The Morgan fingerprint density at radius 2 is 1.15 bits per heavy atom. The summed E-state index contributed by atoms with van der Waals surface area (Å²) < 4.78 is 19.4. The van der Waals surface area contributed by atoms with Crippen molar-refractivity contribution in [3.63, 3.8) is 0 Å². The van der Waals surface area contributed by atoms with E-state index in [1.54, 1.807) is 6.20 Å². The minimum absolute atomic E-state index is 0.117. The number of anilines is 3. The lowest BCUT2D eigenvalue weighted by atomic mass is 9.35. The van der Waals surface area contributed by atoms with Crippen LogP contribution < -0.4 is 21.3 Å². The molecule has 0 N–H and O–H groups in total. The Morgan fingerprint density at radius 3 is 1.87 bits per heavy atom. The molecule has 8 aromatic rings. The van der Waals surface area contributed by atoms with Crippen molar-refractivity contribution >= 4 is 84.4 Å². The van der Waals surface area contributed by atoms with Crippen LogP contribution in [0, 0.1) is 0 Å². The third kappa shape index (κ3) is 2.83. The Labute approximate surface area is 223 Å². The van der Waals surface area contributed by atoms with Crippen LogP contribution in [-0.2, 0) is 0 Å². The van der Waals surface area contributed by atoms with Crippen LogP contribution in [-0.4, -0.2) is 11.7 Å². The normalized spacial score (nSPS) is 13.0. The summed E-state index contributed by atoms with van der Waals surface area (Å²) in [6.07, 6.45) is 3.64. The van der Waals surface area contributed by atoms with E-state index in [9.17, 15) is 0 Å². The van der Waals surface area contributed by atoms with Gasteiger partial charge in [0.2, 0.25) is 11.8 Å². The number of benzene rings is 4. The second-order valence-corrected chi connectivity index (χ2v) is 9.97. The topological polar surface area (TPSA) is 55.6 Å². The summed E-state index contributed by atoms with van der Waals surface area (Å²) in [5, 5.41) is 4.23. The standard InChI is InChI=1S/C33H19BN2O3/c1-2-8-21(9-3-1)36-32-30(22-10-4-6-12-26(22)38-32)34(31-23-11-5-7-13-27(23)39-33(31)36)20-14-15-28-24(18-20)25-19-35-17-16-29(25)37-28/h1-19H. The average molecular weight is 502 g/mol. The van der Waals surface area contributed by atoms with Crippen molar-refractivity contribution in [2.45, 2.75) is 0 Å². The summed E-state index contributed by atoms with van der Waals surface area (Å²) in [6, 6.07) is 35.2. The molecular weight excluding hydrogens is 483 g/mol. The number of pyridine rings is 1. The molecule has 0 spiro atoms. The number of fused-ring (bicyclic) bond motifs is 9. The van der Waals surface area contributed by atoms with Crippen molar-refractivity contribution in [2.75, 3.05) is 4.90 Å². The van der Waals surface area contributed by atoms with E-state index >= 15 is 0 Å². The maximum atomic E-state index is 6.64. The summed E-state index contributed by atoms with van der Waals surface area (Å²) in [5.74, 6) is 1.55. The minimum atomic E-state index is -0.117. The number of hydrogen-bond donors (Lipinski definition) is 0. The lowest BCUT2D eigenvalue weighted by Crippen LogP contribution is -2.56. The van der Waals surface area contributed by atoms with Crippen LogP contribution in [0.2, 0.25) is 0 Å². The number of hydrogen-bond acceptors (Lipinski definition) is 5. The van der Waals surface area contributed by atoms with Crippen LogP contribution >= 0.6 is 0 Å². The van der Waals surface area contributed by atoms with E-state index < -0.39 is 0 Å². The van der Waals surface area contributed by atoms with E-state index in [4.69, 9.17) is 13.3 Å². The van der Waals surface area contributed by atoms with Crippen molar-refractivity contribution in [3.8, 4) is 0 Å². The van der Waals surface area contributed by atoms with Crippen LogP contribution in [0.25, 0.3) is 43.9 Å². The summed E-state index contributed by atoms with van der Waals surface area (Å²) in [7, 11) is 0. The zero-order valence-electron chi connectivity index (χ0n) is 20.7. The van der Waals surface area contributed by atoms with Gasteiger partial charge in [0, 0.05) is 44.9 Å². The highest BCUT2D eigenvalue weighted by atomic mass is 16.4. The van der Waals surface area contributed by atoms with E-state index in [1.165, 1.54) is 0 Å². The first-order valence-corrected chi connectivity index (χ1v) is 13.0. The molecule has 6 heteroatoms. The molecule has 1 aliphatic rings. The molecule has 0 saturated heterocycles. The first kappa shape index (κ1) is 20.8. The van der Waals surface area contributed by atoms with Crippen LogP contribution in [0.1, 0.15) is 0 Å². The number of furan rings is 3. The predicted octanol–water partition coefficient (Wildman–Crippen LogP) is 6.77. The molecule has 0 atom stereocenters. The Balaban J connectivity index is 1.42. The third-order valence-electron chi connectivity index (χ3n) is 7.85. The van der Waals surface area contributed by atoms with Crippen molar-refractivity contribution in [1.29, 1.82) is 0 Å². The molecule has 5 nitrogen and oxygen atoms in total. The lowest BCUT2D eigenvalue weighted by molar-refractivity contribution is 0.585. The van der Waals surface area contributed by atoms with Gasteiger partial charge in [-0.15, -0.1) is 0 Å². The van der Waals surface area contributed by atoms with E-state index in [-0.39, 0.29) is 6.71 Å². The Hall–Kier alpha value is -5.23. The third-order valence-corrected chi connectivity index (χ3v) is 7.85. The SMILES string of the molecule is c1ccc(N2c3oc4ccccc4c3B(c3ccc4oc5ccncc5c4c3)c3c2oc2ccccc32)cc1. The van der Waals surface area contributed by atoms with Gasteiger partial charge in [-0.1, -0.05) is 72.2 Å². The van der Waals surface area contributed by atoms with E-state index in [0.717, 1.165) is 77.7 Å². The highest BCUT2D eigenvalue weighted by Gasteiger charge is 2.43. The number of aromatic nitrogens is 1. The van der Waals surface area contributed by atoms with Crippen LogP contribution in [0.4, 0.5) is 17.5 Å². The number of para-hydroxylation sites is 3. The smallest absolute Gasteiger partial charge is 0.257 e. The molecule has 0 unspecified atom stereocenters. The van der Waals surface area contributed by atoms with Crippen LogP contribution in [0.15, 0.2) is 129 Å². The zero-order valence-corrected chi connectivity index (χ0v) is 20.7. The summed E-state index contributed by atoms with van der Waals surface area (Å²) in [5.41, 5.74) is 7.75. The molecule has 1 aliphatic heterocycles. The minimum Gasteiger partial charge on any atom is -0.456 e. The molecule has 0 radical (unpaired) electrons. The summed E-state index contributed by atoms with van der Waals surface area (Å²) >= 11 is 0. The predicted molar refractivity (Wildman–Crippen MR) is 157 cm³/mol. The van der Waals surface area contributed by atoms with Gasteiger partial charge in [0.15, 0.2) is 0 Å². The molecule has 4 aromatic carbocycles. The van der Waals surface area contributed by atoms with Gasteiger partial charge in [-0.2, -0.15) is 0 Å². The van der Waals surface area contributed by atoms with Gasteiger partial charge in [-0.25, -0.2) is 0 Å². The molecule has 9 rings (SSSR count). The molecule has 5 heterocycles. The van der Waals surface area contributed by atoms with Crippen LogP contribution in [0.3, 0.4) is 0 Å². The maximum Gasteiger partial charge on any atom is 0.257 e. The van der Waals surface area contributed by atoms with Crippen molar-refractivity contribution in [2.24, 2.45) is 0 Å². The monoisotopic (exact) mass is 502 g/mol. The van der Waals surface area contributed by atoms with Gasteiger partial charge in [-0.3, -0.25) is 9.88 Å². The van der Waals surface area contributed by atoms with Gasteiger partial charge in [-0.05, 0) is 36.4 Å². The van der Waals surface area contributed by atoms with Crippen molar-refractivity contribution in [3.05, 3.63) is 116 Å². The molecule has 0 fully saturated rings. The van der Waals surface area contributed by atoms with Gasteiger partial charge < -0.3 is 13.3 Å². The van der Waals surface area contributed by atoms with E-state index in [0.29, 0.717) is 0 Å². The lowest BCUT2D eigenvalue weighted by Gasteiger charge is -2.30. The number of rotatable bonds is 2. The summed E-state index contributed by atoms with van der Waals surface area (Å²) in [4.78, 5) is 6.48. The van der Waals surface area contributed by atoms with Gasteiger partial charge in [0.05, 0.1) is 5.69 Å². The molecule has 0 aliphatic carbocycles. The fourth-order valence-corrected chi connectivity index (χ4v) is 6.19. The second kappa shape index (κ2) is 7.65. The van der Waals surface area contributed by atoms with E-state index in [2.05, 4.69) is 64.5 Å². The molecule has 0 bridgehead atoms. The van der Waals surface area contributed by atoms with Gasteiger partial charge in [0.1, 0.15) is 22.3 Å². The largest absolute Gasteiger partial charge is 0.456 e. The van der Waals surface area contributed by atoms with Crippen molar-refractivity contribution in [1.82, 2.24) is 4.98 Å². The first-order chi connectivity index (χ1) is 19.3. The highest BCUT2D eigenvalue weighted by molar-refractivity contribution is 7.00. The van der Waals surface area contributed by atoms with Crippen LogP contribution in [0.5, 0.6) is 0 Å². The molecule has 39 heavy (non-hydrogen) atoms. The fraction of sp³-hybridized carbons (Fsp3) is 0. The quantitative estimate of drug-likeness (QED) is 0.244. The molecule has 0 amide bonds. The highest BCUT2D eigenvalue weighted by Crippen LogP contribution is 2.42. The maximum absolute atomic E-state index is 6.64. The average Bonchev–Trinajstić information content (AvgIpc) is 3.67. The van der Waals surface area contributed by atoms with Crippen molar-refractivity contribution < 1.29 is 13.3 Å². The van der Waals surface area contributed by atoms with E-state index in [1.807, 2.05) is 54.7 Å². The van der Waals surface area contributed by atoms with Gasteiger partial charge in [0.25, 0.3) is 6.71 Å². The molecule has 182 valence electrons. The second-order valence-electron chi connectivity index (χ2n) is 9.97. The summed E-state index contributed by atoms with van der Waals surface area (Å²) in [6.45, 7) is -0.117. The molecule has 0 saturated carbocycles. The Kier molecular flexibility index (Phi) is 4.08. The number of nitrogens with zero attached hydrogens (tertiary/aromatic N) is 2. The fourth-order valence-electron chi connectivity index (χ4n) is 6.19. The first-order valence-electron chi connectivity index (χ1n) is 13.0. The molecule has 4 aromatic heterocycles. The Bertz CT molecular complexity index is 2130. The zero-order chi connectivity index (χ0) is 25.5. The van der Waals surface area contributed by atoms with Gasteiger partial charge >= 0.3 is 0 Å². The molecular formula is C33H19BN2O3.